The lowest BCUT2D eigenvalue weighted by molar-refractivity contribution is 0.160. The van der Waals surface area contributed by atoms with Gasteiger partial charge < -0.3 is 15.1 Å². The monoisotopic (exact) mass is 345 g/mol. The van der Waals surface area contributed by atoms with Gasteiger partial charge in [0.2, 0.25) is 0 Å². The van der Waals surface area contributed by atoms with E-state index >= 15 is 0 Å². The summed E-state index contributed by atoms with van der Waals surface area (Å²) in [6.45, 7) is 11.7. The number of hydrogen-bond donors (Lipinski definition) is 1. The number of rotatable bonds is 11. The van der Waals surface area contributed by atoms with E-state index in [0.29, 0.717) is 6.04 Å². The molecule has 25 heavy (non-hydrogen) atoms. The van der Waals surface area contributed by atoms with Crippen molar-refractivity contribution < 1.29 is 4.79 Å². The van der Waals surface area contributed by atoms with Gasteiger partial charge in [0.25, 0.3) is 0 Å². The van der Waals surface area contributed by atoms with E-state index in [4.69, 9.17) is 0 Å². The quantitative estimate of drug-likeness (QED) is 0.560. The first-order valence-corrected chi connectivity index (χ1v) is 9.40. The smallest absolute Gasteiger partial charge is 0.319 e. The van der Waals surface area contributed by atoms with Crippen LogP contribution in [0.1, 0.15) is 46.5 Å². The summed E-state index contributed by atoms with van der Waals surface area (Å²) in [6.07, 6.45) is 15.8. The molecule has 1 unspecified atom stereocenters. The van der Waals surface area contributed by atoms with E-state index in [9.17, 15) is 4.79 Å². The number of nitrogens with one attached hydrogen (secondary N) is 1. The van der Waals surface area contributed by atoms with Crippen molar-refractivity contribution in [2.45, 2.75) is 58.5 Å². The molecule has 4 heteroatoms. The van der Waals surface area contributed by atoms with Crippen molar-refractivity contribution in [3.8, 4) is 0 Å². The van der Waals surface area contributed by atoms with E-state index in [1.165, 1.54) is 5.57 Å². The second-order valence-corrected chi connectivity index (χ2v) is 6.63. The molecule has 1 rings (SSSR count). The predicted octanol–water partition coefficient (Wildman–Crippen LogP) is 4.48. The summed E-state index contributed by atoms with van der Waals surface area (Å²) in [7, 11) is 2.14. The number of nitrogens with zero attached hydrogens (tertiary/aromatic N) is 2. The number of urea groups is 1. The molecule has 1 aliphatic rings. The predicted molar refractivity (Wildman–Crippen MR) is 107 cm³/mol. The minimum Gasteiger partial charge on any atom is -0.319 e. The Morgan fingerprint density at radius 3 is 2.60 bits per heavy atom. The standard InChI is InChI=1S/C21H35N3O/c1-6-10-11-18(8-3)17-23(5)16-14-19(9-4)24(20-12-13-20)21(25)22-15-7-2/h6-8,10-11,15,19-20H,1,9,12-14,16-17H2,2-5H3,(H,22,25)/b11-10-,15-7+,18-8+. The van der Waals surface area contributed by atoms with Crippen LogP contribution in [0.25, 0.3) is 0 Å². The summed E-state index contributed by atoms with van der Waals surface area (Å²) in [4.78, 5) is 16.9. The molecule has 0 aromatic carbocycles. The molecule has 2 amide bonds. The Morgan fingerprint density at radius 1 is 1.36 bits per heavy atom. The highest BCUT2D eigenvalue weighted by Gasteiger charge is 2.36. The summed E-state index contributed by atoms with van der Waals surface area (Å²) in [6, 6.07) is 0.748. The van der Waals surface area contributed by atoms with Gasteiger partial charge in [0.05, 0.1) is 0 Å². The lowest BCUT2D eigenvalue weighted by Crippen LogP contribution is -2.47. The molecule has 0 aromatic rings. The van der Waals surface area contributed by atoms with Crippen LogP contribution in [0.2, 0.25) is 0 Å². The van der Waals surface area contributed by atoms with Crippen LogP contribution in [0.5, 0.6) is 0 Å². The SMILES string of the molecule is C=C/C=C\C(=C/C)CN(C)CCC(CC)N(C(=O)N/C=C/C)C1CC1. The number of amides is 2. The van der Waals surface area contributed by atoms with Gasteiger partial charge in [0.1, 0.15) is 0 Å². The zero-order chi connectivity index (χ0) is 18.7. The lowest BCUT2D eigenvalue weighted by Gasteiger charge is -2.32. The van der Waals surface area contributed by atoms with Gasteiger partial charge in [-0.3, -0.25) is 0 Å². The third kappa shape index (κ3) is 7.74. The highest BCUT2D eigenvalue weighted by molar-refractivity contribution is 5.76. The first-order valence-electron chi connectivity index (χ1n) is 9.40. The fourth-order valence-corrected chi connectivity index (χ4v) is 2.94. The molecule has 1 atom stereocenters. The fourth-order valence-electron chi connectivity index (χ4n) is 2.94. The zero-order valence-electron chi connectivity index (χ0n) is 16.4. The molecule has 0 radical (unpaired) electrons. The molecule has 1 fully saturated rings. The van der Waals surface area contributed by atoms with Crippen LogP contribution in [0.3, 0.4) is 0 Å². The Bertz CT molecular complexity index is 503. The average molecular weight is 346 g/mol. The van der Waals surface area contributed by atoms with Crippen LogP contribution in [0.4, 0.5) is 4.79 Å². The molecule has 1 N–H and O–H groups in total. The summed E-state index contributed by atoms with van der Waals surface area (Å²) in [5.41, 5.74) is 1.28. The van der Waals surface area contributed by atoms with Crippen molar-refractivity contribution in [1.29, 1.82) is 0 Å². The normalized spacial score (nSPS) is 16.6. The molecule has 4 nitrogen and oxygen atoms in total. The number of carbonyl (C=O) groups is 1. The number of likely N-dealkylation sites (N-methyl/N-ethyl adjacent to an activating group) is 1. The second kappa shape index (κ2) is 11.7. The molecular formula is C21H35N3O. The molecule has 1 aliphatic carbocycles. The van der Waals surface area contributed by atoms with Crippen LogP contribution < -0.4 is 5.32 Å². The van der Waals surface area contributed by atoms with Crippen molar-refractivity contribution in [3.05, 3.63) is 48.7 Å². The van der Waals surface area contributed by atoms with Crippen molar-refractivity contribution in [3.63, 3.8) is 0 Å². The minimum absolute atomic E-state index is 0.0400. The van der Waals surface area contributed by atoms with E-state index in [0.717, 1.165) is 38.8 Å². The van der Waals surface area contributed by atoms with Crippen LogP contribution in [0.15, 0.2) is 48.7 Å². The highest BCUT2D eigenvalue weighted by Crippen LogP contribution is 2.30. The summed E-state index contributed by atoms with van der Waals surface area (Å²) in [5, 5.41) is 2.89. The molecule has 0 bridgehead atoms. The topological polar surface area (TPSA) is 35.6 Å². The lowest BCUT2D eigenvalue weighted by atomic mass is 10.1. The van der Waals surface area contributed by atoms with Gasteiger partial charge in [-0.2, -0.15) is 0 Å². The van der Waals surface area contributed by atoms with Crippen molar-refractivity contribution in [2.75, 3.05) is 20.1 Å². The Labute approximate surface area is 154 Å². The van der Waals surface area contributed by atoms with E-state index in [-0.39, 0.29) is 12.1 Å². The molecular weight excluding hydrogens is 310 g/mol. The second-order valence-electron chi connectivity index (χ2n) is 6.63. The summed E-state index contributed by atoms with van der Waals surface area (Å²) >= 11 is 0. The Kier molecular flexibility index (Phi) is 9.93. The molecule has 0 aliphatic heterocycles. The minimum atomic E-state index is 0.0400. The van der Waals surface area contributed by atoms with Crippen LogP contribution >= 0.6 is 0 Å². The first kappa shape index (κ1) is 21.2. The Balaban J connectivity index is 2.59. The van der Waals surface area contributed by atoms with Gasteiger partial charge in [0, 0.05) is 31.4 Å². The van der Waals surface area contributed by atoms with Crippen molar-refractivity contribution in [1.82, 2.24) is 15.1 Å². The number of hydrogen-bond acceptors (Lipinski definition) is 2. The maximum atomic E-state index is 12.5. The van der Waals surface area contributed by atoms with E-state index in [1.54, 1.807) is 12.3 Å². The van der Waals surface area contributed by atoms with E-state index in [1.807, 2.05) is 19.1 Å². The van der Waals surface area contributed by atoms with Crippen LogP contribution in [-0.4, -0.2) is 48.1 Å². The largest absolute Gasteiger partial charge is 0.321 e. The third-order valence-electron chi connectivity index (χ3n) is 4.53. The van der Waals surface area contributed by atoms with Gasteiger partial charge >= 0.3 is 6.03 Å². The zero-order valence-corrected chi connectivity index (χ0v) is 16.4. The van der Waals surface area contributed by atoms with E-state index < -0.39 is 0 Å². The third-order valence-corrected chi connectivity index (χ3v) is 4.53. The van der Waals surface area contributed by atoms with Gasteiger partial charge in [-0.05, 0) is 52.2 Å². The molecule has 0 spiro atoms. The maximum absolute atomic E-state index is 12.5. The van der Waals surface area contributed by atoms with Crippen molar-refractivity contribution in [2.24, 2.45) is 0 Å². The molecule has 0 saturated heterocycles. The summed E-state index contributed by atoms with van der Waals surface area (Å²) < 4.78 is 0. The molecule has 0 aromatic heterocycles. The molecule has 0 heterocycles. The fraction of sp³-hybridized carbons (Fsp3) is 0.571. The highest BCUT2D eigenvalue weighted by atomic mass is 16.2. The molecule has 1 saturated carbocycles. The number of carbonyl (C=O) groups excluding carboxylic acids is 1. The van der Waals surface area contributed by atoms with Gasteiger partial charge in [-0.25, -0.2) is 4.79 Å². The Hall–Kier alpha value is -1.81. The van der Waals surface area contributed by atoms with E-state index in [2.05, 4.69) is 54.7 Å². The van der Waals surface area contributed by atoms with Crippen molar-refractivity contribution >= 4 is 6.03 Å². The molecule has 140 valence electrons. The maximum Gasteiger partial charge on any atom is 0.321 e. The van der Waals surface area contributed by atoms with Crippen LogP contribution in [0, 0.1) is 0 Å². The van der Waals surface area contributed by atoms with Gasteiger partial charge in [-0.1, -0.05) is 43.9 Å². The summed E-state index contributed by atoms with van der Waals surface area (Å²) in [5.74, 6) is 0. The average Bonchev–Trinajstić information content (AvgIpc) is 3.44. The first-order chi connectivity index (χ1) is 12.1. The number of allylic oxidation sites excluding steroid dienone is 4. The van der Waals surface area contributed by atoms with Crippen LogP contribution in [-0.2, 0) is 0 Å². The van der Waals surface area contributed by atoms with Gasteiger partial charge in [0.15, 0.2) is 0 Å². The Morgan fingerprint density at radius 2 is 2.08 bits per heavy atom. The van der Waals surface area contributed by atoms with Gasteiger partial charge in [-0.15, -0.1) is 0 Å².